The van der Waals surface area contributed by atoms with Crippen LogP contribution in [-0.2, 0) is 9.53 Å². The van der Waals surface area contributed by atoms with E-state index in [1.54, 1.807) is 29.2 Å². The van der Waals surface area contributed by atoms with E-state index in [1.807, 2.05) is 0 Å². The normalized spacial score (nSPS) is 15.2. The molecular weight excluding hydrogens is 234 g/mol. The van der Waals surface area contributed by atoms with Crippen molar-refractivity contribution in [1.82, 2.24) is 4.90 Å². The van der Waals surface area contributed by atoms with Crippen molar-refractivity contribution in [3.63, 3.8) is 0 Å². The Bertz CT molecular complexity index is 427. The Morgan fingerprint density at radius 3 is 2.89 bits per heavy atom. The molecule has 0 spiro atoms. The van der Waals surface area contributed by atoms with E-state index >= 15 is 0 Å². The Hall–Kier alpha value is -1.88. The minimum atomic E-state index is -0.0325. The van der Waals surface area contributed by atoms with E-state index in [2.05, 4.69) is 0 Å². The molecule has 2 rings (SSSR count). The summed E-state index contributed by atoms with van der Waals surface area (Å²) in [6.45, 7) is 2.37. The molecular formula is C13H15NO4. The first kappa shape index (κ1) is 12.6. The van der Waals surface area contributed by atoms with Crippen molar-refractivity contribution in [3.05, 3.63) is 29.8 Å². The molecule has 1 heterocycles. The number of amides is 1. The Labute approximate surface area is 105 Å². The van der Waals surface area contributed by atoms with Crippen LogP contribution in [0.4, 0.5) is 0 Å². The molecule has 0 aliphatic carbocycles. The summed E-state index contributed by atoms with van der Waals surface area (Å²) in [5.41, 5.74) is 0.570. The average Bonchev–Trinajstić information content (AvgIpc) is 2.45. The summed E-state index contributed by atoms with van der Waals surface area (Å²) in [6, 6.07) is 6.86. The van der Waals surface area contributed by atoms with Crippen LogP contribution in [0.25, 0.3) is 0 Å². The van der Waals surface area contributed by atoms with Gasteiger partial charge < -0.3 is 14.4 Å². The second kappa shape index (κ2) is 6.16. The number of hydrogen-bond donors (Lipinski definition) is 0. The molecule has 0 bridgehead atoms. The highest BCUT2D eigenvalue weighted by Gasteiger charge is 2.18. The zero-order valence-corrected chi connectivity index (χ0v) is 10.0. The van der Waals surface area contributed by atoms with E-state index in [4.69, 9.17) is 9.47 Å². The first-order valence-electron chi connectivity index (χ1n) is 5.85. The number of benzene rings is 1. The van der Waals surface area contributed by atoms with Gasteiger partial charge in [0.15, 0.2) is 6.29 Å². The minimum absolute atomic E-state index is 0.00476. The summed E-state index contributed by atoms with van der Waals surface area (Å²) in [5, 5.41) is 0. The second-order valence-corrected chi connectivity index (χ2v) is 3.91. The molecule has 1 aliphatic rings. The van der Waals surface area contributed by atoms with Crippen molar-refractivity contribution in [2.75, 3.05) is 32.9 Å². The molecule has 1 aromatic carbocycles. The molecule has 1 saturated heterocycles. The van der Waals surface area contributed by atoms with Crippen LogP contribution in [0, 0.1) is 0 Å². The first-order valence-corrected chi connectivity index (χ1v) is 5.85. The van der Waals surface area contributed by atoms with E-state index in [-0.39, 0.29) is 12.5 Å². The zero-order valence-electron chi connectivity index (χ0n) is 10.0. The van der Waals surface area contributed by atoms with Crippen molar-refractivity contribution in [3.8, 4) is 5.75 Å². The van der Waals surface area contributed by atoms with Gasteiger partial charge in [-0.1, -0.05) is 6.07 Å². The van der Waals surface area contributed by atoms with Gasteiger partial charge in [-0.15, -0.1) is 0 Å². The van der Waals surface area contributed by atoms with Gasteiger partial charge in [-0.3, -0.25) is 9.59 Å². The third kappa shape index (κ3) is 3.07. The third-order valence-electron chi connectivity index (χ3n) is 2.70. The maximum Gasteiger partial charge on any atom is 0.254 e. The Balaban J connectivity index is 2.06. The molecule has 1 aromatic rings. The molecule has 0 aromatic heterocycles. The third-order valence-corrected chi connectivity index (χ3v) is 2.70. The molecule has 96 valence electrons. The highest BCUT2D eigenvalue weighted by atomic mass is 16.5. The molecule has 1 aliphatic heterocycles. The number of carbonyl (C=O) groups excluding carboxylic acids is 2. The lowest BCUT2D eigenvalue weighted by molar-refractivity contribution is -0.109. The number of carbonyl (C=O) groups is 2. The van der Waals surface area contributed by atoms with Gasteiger partial charge in [0.1, 0.15) is 12.4 Å². The lowest BCUT2D eigenvalue weighted by Crippen LogP contribution is -2.40. The highest BCUT2D eigenvalue weighted by Crippen LogP contribution is 2.15. The number of aldehydes is 1. The maximum atomic E-state index is 12.2. The molecule has 0 saturated carbocycles. The van der Waals surface area contributed by atoms with Gasteiger partial charge in [0, 0.05) is 18.7 Å². The largest absolute Gasteiger partial charge is 0.486 e. The number of morpholine rings is 1. The predicted molar refractivity (Wildman–Crippen MR) is 64.7 cm³/mol. The topological polar surface area (TPSA) is 55.8 Å². The summed E-state index contributed by atoms with van der Waals surface area (Å²) in [5.74, 6) is 0.496. The summed E-state index contributed by atoms with van der Waals surface area (Å²) < 4.78 is 10.4. The van der Waals surface area contributed by atoms with Gasteiger partial charge in [-0.05, 0) is 18.2 Å². The summed E-state index contributed by atoms with van der Waals surface area (Å²) >= 11 is 0. The maximum absolute atomic E-state index is 12.2. The van der Waals surface area contributed by atoms with Crippen molar-refractivity contribution in [1.29, 1.82) is 0 Å². The van der Waals surface area contributed by atoms with E-state index < -0.39 is 0 Å². The van der Waals surface area contributed by atoms with Crippen LogP contribution in [0.2, 0.25) is 0 Å². The SMILES string of the molecule is O=CCOc1cccc(C(=O)N2CCOCC2)c1. The molecule has 0 unspecified atom stereocenters. The number of rotatable bonds is 4. The number of ether oxygens (including phenoxy) is 2. The predicted octanol–water partition coefficient (Wildman–Crippen LogP) is 0.737. The van der Waals surface area contributed by atoms with Gasteiger partial charge in [0.05, 0.1) is 13.2 Å². The second-order valence-electron chi connectivity index (χ2n) is 3.91. The molecule has 1 amide bonds. The molecule has 1 fully saturated rings. The van der Waals surface area contributed by atoms with Crippen molar-refractivity contribution in [2.45, 2.75) is 0 Å². The van der Waals surface area contributed by atoms with Gasteiger partial charge in [-0.2, -0.15) is 0 Å². The fourth-order valence-corrected chi connectivity index (χ4v) is 1.80. The smallest absolute Gasteiger partial charge is 0.254 e. The van der Waals surface area contributed by atoms with Crippen LogP contribution in [-0.4, -0.2) is 50.0 Å². The van der Waals surface area contributed by atoms with Crippen LogP contribution in [0.3, 0.4) is 0 Å². The van der Waals surface area contributed by atoms with Gasteiger partial charge >= 0.3 is 0 Å². The average molecular weight is 249 g/mol. The number of hydrogen-bond acceptors (Lipinski definition) is 4. The van der Waals surface area contributed by atoms with Crippen molar-refractivity contribution in [2.24, 2.45) is 0 Å². The zero-order chi connectivity index (χ0) is 12.8. The van der Waals surface area contributed by atoms with Crippen LogP contribution in [0.15, 0.2) is 24.3 Å². The van der Waals surface area contributed by atoms with Crippen molar-refractivity contribution < 1.29 is 19.1 Å². The number of nitrogens with zero attached hydrogens (tertiary/aromatic N) is 1. The molecule has 0 atom stereocenters. The summed E-state index contributed by atoms with van der Waals surface area (Å²) in [4.78, 5) is 24.2. The van der Waals surface area contributed by atoms with Gasteiger partial charge in [0.2, 0.25) is 0 Å². The highest BCUT2D eigenvalue weighted by molar-refractivity contribution is 5.94. The monoisotopic (exact) mass is 249 g/mol. The lowest BCUT2D eigenvalue weighted by Gasteiger charge is -2.26. The van der Waals surface area contributed by atoms with E-state index in [9.17, 15) is 9.59 Å². The molecule has 5 heteroatoms. The van der Waals surface area contributed by atoms with Crippen LogP contribution in [0.5, 0.6) is 5.75 Å². The summed E-state index contributed by atoms with van der Waals surface area (Å²) in [7, 11) is 0. The van der Waals surface area contributed by atoms with Crippen molar-refractivity contribution >= 4 is 12.2 Å². The Morgan fingerprint density at radius 1 is 1.39 bits per heavy atom. The fourth-order valence-electron chi connectivity index (χ4n) is 1.80. The molecule has 0 N–H and O–H groups in total. The fraction of sp³-hybridized carbons (Fsp3) is 0.385. The van der Waals surface area contributed by atoms with E-state index in [0.29, 0.717) is 43.9 Å². The van der Waals surface area contributed by atoms with Gasteiger partial charge in [0.25, 0.3) is 5.91 Å². The Morgan fingerprint density at radius 2 is 2.17 bits per heavy atom. The molecule has 0 radical (unpaired) electrons. The van der Waals surface area contributed by atoms with E-state index in [1.165, 1.54) is 0 Å². The quantitative estimate of drug-likeness (QED) is 0.738. The Kier molecular flexibility index (Phi) is 4.30. The lowest BCUT2D eigenvalue weighted by atomic mass is 10.2. The summed E-state index contributed by atoms with van der Waals surface area (Å²) in [6.07, 6.45) is 0.677. The van der Waals surface area contributed by atoms with Crippen LogP contribution < -0.4 is 4.74 Å². The minimum Gasteiger partial charge on any atom is -0.486 e. The first-order chi connectivity index (χ1) is 8.81. The van der Waals surface area contributed by atoms with Gasteiger partial charge in [-0.25, -0.2) is 0 Å². The van der Waals surface area contributed by atoms with Crippen LogP contribution >= 0.6 is 0 Å². The molecule has 18 heavy (non-hydrogen) atoms. The molecule has 5 nitrogen and oxygen atoms in total. The van der Waals surface area contributed by atoms with Crippen LogP contribution in [0.1, 0.15) is 10.4 Å². The standard InChI is InChI=1S/C13H15NO4/c15-6-9-18-12-3-1-2-11(10-12)13(16)14-4-7-17-8-5-14/h1-3,6,10H,4-5,7-9H2. The van der Waals surface area contributed by atoms with E-state index in [0.717, 1.165) is 0 Å².